The molecule has 1 aromatic carbocycles. The number of hydrogen-bond donors (Lipinski definition) is 2. The summed E-state index contributed by atoms with van der Waals surface area (Å²) in [6.45, 7) is 2.28. The third-order valence-electron chi connectivity index (χ3n) is 4.60. The van der Waals surface area contributed by atoms with E-state index in [0.717, 1.165) is 29.9 Å². The van der Waals surface area contributed by atoms with Crippen molar-refractivity contribution in [3.63, 3.8) is 0 Å². The highest BCUT2D eigenvalue weighted by molar-refractivity contribution is 5.82. The maximum absolute atomic E-state index is 12.3. The predicted octanol–water partition coefficient (Wildman–Crippen LogP) is 1.09. The average molecular weight is 370 g/mol. The molecular weight excluding hydrogens is 344 g/mol. The normalized spacial score (nSPS) is 14.9. The molecule has 1 aliphatic rings. The molecule has 8 heteroatoms. The number of benzene rings is 1. The fraction of sp³-hybridized carbons (Fsp3) is 0.421. The summed E-state index contributed by atoms with van der Waals surface area (Å²) in [5.41, 5.74) is 8.52. The number of carbonyl (C=O) groups is 2. The Morgan fingerprint density at radius 1 is 1.26 bits per heavy atom. The van der Waals surface area contributed by atoms with Crippen LogP contribution >= 0.6 is 0 Å². The molecule has 2 heterocycles. The van der Waals surface area contributed by atoms with Crippen molar-refractivity contribution in [1.29, 1.82) is 0 Å². The van der Waals surface area contributed by atoms with Crippen LogP contribution in [0.2, 0.25) is 0 Å². The van der Waals surface area contributed by atoms with Crippen LogP contribution in [0.15, 0.2) is 36.4 Å². The van der Waals surface area contributed by atoms with Crippen molar-refractivity contribution in [2.24, 2.45) is 5.73 Å². The summed E-state index contributed by atoms with van der Waals surface area (Å²) in [5.74, 6) is -0.242. The average Bonchev–Trinajstić information content (AvgIpc) is 2.95. The zero-order valence-corrected chi connectivity index (χ0v) is 15.8. The van der Waals surface area contributed by atoms with Gasteiger partial charge in [-0.3, -0.25) is 9.48 Å². The molecule has 0 aliphatic carbocycles. The van der Waals surface area contributed by atoms with E-state index in [-0.39, 0.29) is 11.9 Å². The van der Waals surface area contributed by atoms with Gasteiger partial charge in [0, 0.05) is 27.2 Å². The van der Waals surface area contributed by atoms with Crippen molar-refractivity contribution >= 4 is 11.9 Å². The Morgan fingerprint density at radius 3 is 2.70 bits per heavy atom. The SMILES string of the molecule is CN(C)C(=O)N1CCCn2nc(CNC(=O)C(N)c3ccccc3)cc2C1. The number of carbonyl (C=O) groups excluding carboxylic acids is 2. The summed E-state index contributed by atoms with van der Waals surface area (Å²) >= 11 is 0. The van der Waals surface area contributed by atoms with Gasteiger partial charge < -0.3 is 20.9 Å². The highest BCUT2D eigenvalue weighted by Gasteiger charge is 2.22. The van der Waals surface area contributed by atoms with Crippen LogP contribution in [0.25, 0.3) is 0 Å². The molecule has 1 aliphatic heterocycles. The van der Waals surface area contributed by atoms with Crippen LogP contribution < -0.4 is 11.1 Å². The number of aryl methyl sites for hydroxylation is 1. The number of rotatable bonds is 4. The molecule has 0 radical (unpaired) electrons. The molecule has 3 rings (SSSR count). The summed E-state index contributed by atoms with van der Waals surface area (Å²) in [6, 6.07) is 10.5. The smallest absolute Gasteiger partial charge is 0.319 e. The van der Waals surface area contributed by atoms with Crippen LogP contribution in [0.4, 0.5) is 4.79 Å². The maximum atomic E-state index is 12.3. The van der Waals surface area contributed by atoms with Gasteiger partial charge in [0.2, 0.25) is 5.91 Å². The van der Waals surface area contributed by atoms with Gasteiger partial charge in [-0.15, -0.1) is 0 Å². The van der Waals surface area contributed by atoms with E-state index < -0.39 is 6.04 Å². The molecule has 1 aromatic heterocycles. The third-order valence-corrected chi connectivity index (χ3v) is 4.60. The number of fused-ring (bicyclic) bond motifs is 1. The van der Waals surface area contributed by atoms with E-state index in [1.165, 1.54) is 0 Å². The zero-order chi connectivity index (χ0) is 19.4. The topological polar surface area (TPSA) is 96.5 Å². The number of urea groups is 1. The van der Waals surface area contributed by atoms with Gasteiger partial charge in [-0.25, -0.2) is 4.79 Å². The third kappa shape index (κ3) is 4.46. The van der Waals surface area contributed by atoms with Gasteiger partial charge in [-0.2, -0.15) is 5.10 Å². The Morgan fingerprint density at radius 2 is 2.00 bits per heavy atom. The number of aromatic nitrogens is 2. The second kappa shape index (κ2) is 8.22. The van der Waals surface area contributed by atoms with Gasteiger partial charge in [0.05, 0.1) is 24.5 Å². The van der Waals surface area contributed by atoms with Crippen LogP contribution in [-0.2, 0) is 24.4 Å². The summed E-state index contributed by atoms with van der Waals surface area (Å²) in [5, 5.41) is 7.41. The van der Waals surface area contributed by atoms with Gasteiger partial charge in [-0.1, -0.05) is 30.3 Å². The summed E-state index contributed by atoms with van der Waals surface area (Å²) in [6.07, 6.45) is 0.846. The van der Waals surface area contributed by atoms with Crippen LogP contribution in [0.3, 0.4) is 0 Å². The maximum Gasteiger partial charge on any atom is 0.319 e. The minimum Gasteiger partial charge on any atom is -0.349 e. The molecule has 144 valence electrons. The highest BCUT2D eigenvalue weighted by Crippen LogP contribution is 2.15. The molecule has 1 unspecified atom stereocenters. The molecule has 3 amide bonds. The molecule has 0 bridgehead atoms. The van der Waals surface area contributed by atoms with Gasteiger partial charge >= 0.3 is 6.03 Å². The van der Waals surface area contributed by atoms with Crippen molar-refractivity contribution in [3.8, 4) is 0 Å². The number of nitrogens with two attached hydrogens (primary N) is 1. The molecule has 1 atom stereocenters. The van der Waals surface area contributed by atoms with Crippen molar-refractivity contribution < 1.29 is 9.59 Å². The van der Waals surface area contributed by atoms with Crippen LogP contribution in [0, 0.1) is 0 Å². The lowest BCUT2D eigenvalue weighted by atomic mass is 10.1. The number of nitrogens with zero attached hydrogens (tertiary/aromatic N) is 4. The Kier molecular flexibility index (Phi) is 5.75. The van der Waals surface area contributed by atoms with Crippen molar-refractivity contribution in [2.75, 3.05) is 20.6 Å². The number of hydrogen-bond acceptors (Lipinski definition) is 4. The van der Waals surface area contributed by atoms with Crippen molar-refractivity contribution in [3.05, 3.63) is 53.3 Å². The van der Waals surface area contributed by atoms with Gasteiger partial charge in [0.1, 0.15) is 6.04 Å². The number of amides is 3. The van der Waals surface area contributed by atoms with Crippen molar-refractivity contribution in [2.45, 2.75) is 32.1 Å². The van der Waals surface area contributed by atoms with Crippen LogP contribution in [0.5, 0.6) is 0 Å². The molecule has 27 heavy (non-hydrogen) atoms. The van der Waals surface area contributed by atoms with E-state index in [1.54, 1.807) is 19.0 Å². The van der Waals surface area contributed by atoms with E-state index in [1.807, 2.05) is 46.0 Å². The lowest BCUT2D eigenvalue weighted by molar-refractivity contribution is -0.122. The van der Waals surface area contributed by atoms with E-state index in [9.17, 15) is 9.59 Å². The first-order valence-electron chi connectivity index (χ1n) is 9.06. The molecule has 0 saturated carbocycles. The number of nitrogens with one attached hydrogen (secondary N) is 1. The minimum absolute atomic E-state index is 0.00617. The first-order valence-corrected chi connectivity index (χ1v) is 9.06. The standard InChI is InChI=1S/C19H26N6O2/c1-23(2)19(27)24-9-6-10-25-16(13-24)11-15(22-25)12-21-18(26)17(20)14-7-4-3-5-8-14/h3-5,7-8,11,17H,6,9-10,12-13,20H2,1-2H3,(H,21,26). The lowest BCUT2D eigenvalue weighted by Crippen LogP contribution is -2.38. The monoisotopic (exact) mass is 370 g/mol. The molecule has 8 nitrogen and oxygen atoms in total. The summed E-state index contributed by atoms with van der Waals surface area (Å²) < 4.78 is 1.92. The zero-order valence-electron chi connectivity index (χ0n) is 15.8. The van der Waals surface area contributed by atoms with E-state index >= 15 is 0 Å². The van der Waals surface area contributed by atoms with Crippen LogP contribution in [0.1, 0.15) is 29.4 Å². The first kappa shape index (κ1) is 18.9. The lowest BCUT2D eigenvalue weighted by Gasteiger charge is -2.23. The fourth-order valence-corrected chi connectivity index (χ4v) is 3.15. The molecule has 2 aromatic rings. The van der Waals surface area contributed by atoms with E-state index in [0.29, 0.717) is 19.6 Å². The quantitative estimate of drug-likeness (QED) is 0.842. The molecule has 0 fully saturated rings. The molecule has 0 saturated heterocycles. The molecule has 3 N–H and O–H groups in total. The Hall–Kier alpha value is -2.87. The first-order chi connectivity index (χ1) is 13.0. The summed E-state index contributed by atoms with van der Waals surface area (Å²) in [7, 11) is 3.50. The second-order valence-corrected chi connectivity index (χ2v) is 6.91. The van der Waals surface area contributed by atoms with E-state index in [2.05, 4.69) is 10.4 Å². The Bertz CT molecular complexity index is 802. The van der Waals surface area contributed by atoms with Crippen LogP contribution in [-0.4, -0.2) is 52.2 Å². The highest BCUT2D eigenvalue weighted by atomic mass is 16.2. The van der Waals surface area contributed by atoms with Gasteiger partial charge in [-0.05, 0) is 18.1 Å². The Labute approximate surface area is 158 Å². The molecule has 0 spiro atoms. The fourth-order valence-electron chi connectivity index (χ4n) is 3.15. The second-order valence-electron chi connectivity index (χ2n) is 6.91. The summed E-state index contributed by atoms with van der Waals surface area (Å²) in [4.78, 5) is 27.9. The minimum atomic E-state index is -0.708. The largest absolute Gasteiger partial charge is 0.349 e. The Balaban J connectivity index is 1.62. The predicted molar refractivity (Wildman–Crippen MR) is 102 cm³/mol. The van der Waals surface area contributed by atoms with Gasteiger partial charge in [0.25, 0.3) is 0 Å². The van der Waals surface area contributed by atoms with Gasteiger partial charge in [0.15, 0.2) is 0 Å². The van der Waals surface area contributed by atoms with E-state index in [4.69, 9.17) is 5.73 Å². The molecular formula is C19H26N6O2. The van der Waals surface area contributed by atoms with Crippen molar-refractivity contribution in [1.82, 2.24) is 24.9 Å².